The third-order valence-electron chi connectivity index (χ3n) is 3.92. The first-order valence-electron chi connectivity index (χ1n) is 7.83. The summed E-state index contributed by atoms with van der Waals surface area (Å²) < 4.78 is 27.4. The van der Waals surface area contributed by atoms with Crippen LogP contribution in [0.15, 0.2) is 63.2 Å². The van der Waals surface area contributed by atoms with Gasteiger partial charge in [0.25, 0.3) is 5.56 Å². The monoisotopic (exact) mass is 376 g/mol. The number of rotatable bonds is 5. The first kappa shape index (κ1) is 17.6. The molecule has 0 spiro atoms. The van der Waals surface area contributed by atoms with Crippen LogP contribution in [0.1, 0.15) is 12.0 Å². The predicted octanol–water partition coefficient (Wildman–Crippen LogP) is 3.17. The Kier molecular flexibility index (Phi) is 4.92. The largest absolute Gasteiger partial charge is 0.274 e. The Morgan fingerprint density at radius 3 is 2.32 bits per heavy atom. The van der Waals surface area contributed by atoms with Crippen LogP contribution >= 0.6 is 11.6 Å². The van der Waals surface area contributed by atoms with Crippen LogP contribution in [-0.4, -0.2) is 24.1 Å². The highest BCUT2D eigenvalue weighted by atomic mass is 35.5. The van der Waals surface area contributed by atoms with Crippen molar-refractivity contribution in [3.8, 4) is 0 Å². The highest BCUT2D eigenvalue weighted by molar-refractivity contribution is 7.91. The van der Waals surface area contributed by atoms with Crippen molar-refractivity contribution in [1.29, 1.82) is 0 Å². The number of aryl methyl sites for hydroxylation is 2. The lowest BCUT2D eigenvalue weighted by Crippen LogP contribution is -2.26. The van der Waals surface area contributed by atoms with E-state index in [0.29, 0.717) is 23.1 Å². The molecule has 0 aliphatic rings. The van der Waals surface area contributed by atoms with Gasteiger partial charge in [0.2, 0.25) is 9.84 Å². The molecule has 2 aromatic carbocycles. The number of fused-ring (bicyclic) bond motifs is 1. The highest BCUT2D eigenvalue weighted by Crippen LogP contribution is 2.25. The fraction of sp³-hybridized carbons (Fsp3) is 0.222. The van der Waals surface area contributed by atoms with Crippen LogP contribution < -0.4 is 5.56 Å². The number of nitrogens with zero attached hydrogens (tertiary/aromatic N) is 2. The van der Waals surface area contributed by atoms with E-state index >= 15 is 0 Å². The summed E-state index contributed by atoms with van der Waals surface area (Å²) in [6, 6.07) is 13.2. The van der Waals surface area contributed by atoms with Crippen molar-refractivity contribution in [2.45, 2.75) is 29.8 Å². The normalized spacial score (nSPS) is 11.8. The fourth-order valence-electron chi connectivity index (χ4n) is 2.59. The third-order valence-corrected chi connectivity index (χ3v) is 5.89. The zero-order valence-electron chi connectivity index (χ0n) is 13.6. The van der Waals surface area contributed by atoms with E-state index in [1.807, 2.05) is 6.92 Å². The maximum atomic E-state index is 13.1. The van der Waals surface area contributed by atoms with Crippen LogP contribution in [0, 0.1) is 6.92 Å². The molecule has 0 aliphatic heterocycles. The van der Waals surface area contributed by atoms with Crippen molar-refractivity contribution in [2.24, 2.45) is 0 Å². The van der Waals surface area contributed by atoms with Gasteiger partial charge in [-0.3, -0.25) is 4.79 Å². The Balaban J connectivity index is 2.29. The van der Waals surface area contributed by atoms with E-state index in [4.69, 9.17) is 11.6 Å². The molecule has 1 aromatic heterocycles. The lowest BCUT2D eigenvalue weighted by Gasteiger charge is -2.11. The fourth-order valence-corrected chi connectivity index (χ4v) is 4.10. The van der Waals surface area contributed by atoms with E-state index in [1.165, 1.54) is 4.68 Å². The molecule has 0 fully saturated rings. The summed E-state index contributed by atoms with van der Waals surface area (Å²) in [7, 11) is -3.85. The van der Waals surface area contributed by atoms with Gasteiger partial charge in [0.15, 0.2) is 5.03 Å². The Hall–Kier alpha value is -2.18. The highest BCUT2D eigenvalue weighted by Gasteiger charge is 2.24. The van der Waals surface area contributed by atoms with Gasteiger partial charge in [-0.2, -0.15) is 5.10 Å². The molecule has 0 bridgehead atoms. The number of hydrogen-bond acceptors (Lipinski definition) is 4. The van der Waals surface area contributed by atoms with Crippen molar-refractivity contribution in [3.63, 3.8) is 0 Å². The second kappa shape index (κ2) is 6.98. The molecule has 0 atom stereocenters. The van der Waals surface area contributed by atoms with E-state index in [-0.39, 0.29) is 22.0 Å². The minimum absolute atomic E-state index is 0.110. The molecule has 0 N–H and O–H groups in total. The van der Waals surface area contributed by atoms with Gasteiger partial charge in [-0.05, 0) is 31.5 Å². The van der Waals surface area contributed by atoms with E-state index < -0.39 is 9.84 Å². The molecular weight excluding hydrogens is 360 g/mol. The summed E-state index contributed by atoms with van der Waals surface area (Å²) in [5.74, 6) is 0.362. The van der Waals surface area contributed by atoms with Crippen LogP contribution in [-0.2, 0) is 16.4 Å². The number of hydrogen-bond donors (Lipinski definition) is 0. The standard InChI is InChI=1S/C18H17ClN2O3S/c1-13-7-9-14(10-8-13)25(23,24)17-15-5-2-3-6-16(15)18(22)21(20-17)12-4-11-19/h2-3,5-10H,4,11-12H2,1H3. The van der Waals surface area contributed by atoms with Gasteiger partial charge >= 0.3 is 0 Å². The molecule has 0 unspecified atom stereocenters. The number of aromatic nitrogens is 2. The lowest BCUT2D eigenvalue weighted by molar-refractivity contribution is 0.541. The zero-order chi connectivity index (χ0) is 18.0. The van der Waals surface area contributed by atoms with E-state index in [0.717, 1.165) is 5.56 Å². The summed E-state index contributed by atoms with van der Waals surface area (Å²) >= 11 is 5.70. The van der Waals surface area contributed by atoms with Crippen molar-refractivity contribution in [2.75, 3.05) is 5.88 Å². The predicted molar refractivity (Wildman–Crippen MR) is 98.0 cm³/mol. The summed E-state index contributed by atoms with van der Waals surface area (Å²) in [5, 5.41) is 4.72. The second-order valence-electron chi connectivity index (χ2n) is 5.74. The van der Waals surface area contributed by atoms with Gasteiger partial charge in [-0.15, -0.1) is 11.6 Å². The smallest absolute Gasteiger partial charge is 0.267 e. The van der Waals surface area contributed by atoms with Crippen LogP contribution in [0.25, 0.3) is 10.8 Å². The van der Waals surface area contributed by atoms with Gasteiger partial charge in [0, 0.05) is 17.8 Å². The molecule has 25 heavy (non-hydrogen) atoms. The molecular formula is C18H17ClN2O3S. The molecule has 0 saturated carbocycles. The molecule has 3 rings (SSSR count). The summed E-state index contributed by atoms with van der Waals surface area (Å²) in [6.45, 7) is 2.15. The van der Waals surface area contributed by atoms with Crippen molar-refractivity contribution >= 4 is 32.2 Å². The molecule has 3 aromatic rings. The first-order valence-corrected chi connectivity index (χ1v) is 9.84. The minimum Gasteiger partial charge on any atom is -0.267 e. The Morgan fingerprint density at radius 2 is 1.68 bits per heavy atom. The molecule has 7 heteroatoms. The Morgan fingerprint density at radius 1 is 1.04 bits per heavy atom. The minimum atomic E-state index is -3.85. The van der Waals surface area contributed by atoms with E-state index in [1.54, 1.807) is 48.5 Å². The van der Waals surface area contributed by atoms with E-state index in [9.17, 15) is 13.2 Å². The Bertz CT molecular complexity index is 1070. The maximum absolute atomic E-state index is 13.1. The van der Waals surface area contributed by atoms with Crippen LogP contribution in [0.2, 0.25) is 0 Å². The average molecular weight is 377 g/mol. The lowest BCUT2D eigenvalue weighted by atomic mass is 10.2. The summed E-state index contributed by atoms with van der Waals surface area (Å²) in [6.07, 6.45) is 0.525. The molecule has 0 amide bonds. The zero-order valence-corrected chi connectivity index (χ0v) is 15.2. The van der Waals surface area contributed by atoms with Gasteiger partial charge in [-0.25, -0.2) is 13.1 Å². The number of halogens is 1. The van der Waals surface area contributed by atoms with Crippen LogP contribution in [0.5, 0.6) is 0 Å². The topological polar surface area (TPSA) is 69.0 Å². The number of sulfone groups is 1. The third kappa shape index (κ3) is 3.32. The molecule has 0 saturated heterocycles. The molecule has 1 heterocycles. The summed E-state index contributed by atoms with van der Waals surface area (Å²) in [5.41, 5.74) is 0.646. The average Bonchev–Trinajstić information content (AvgIpc) is 2.61. The van der Waals surface area contributed by atoms with Gasteiger partial charge in [0.1, 0.15) is 0 Å². The second-order valence-corrected chi connectivity index (χ2v) is 7.98. The quantitative estimate of drug-likeness (QED) is 0.641. The van der Waals surface area contributed by atoms with Crippen molar-refractivity contribution < 1.29 is 8.42 Å². The molecule has 5 nitrogen and oxygen atoms in total. The van der Waals surface area contributed by atoms with Crippen LogP contribution in [0.3, 0.4) is 0 Å². The summed E-state index contributed by atoms with van der Waals surface area (Å²) in [4.78, 5) is 12.7. The maximum Gasteiger partial charge on any atom is 0.274 e. The van der Waals surface area contributed by atoms with E-state index in [2.05, 4.69) is 5.10 Å². The van der Waals surface area contributed by atoms with Crippen molar-refractivity contribution in [3.05, 3.63) is 64.4 Å². The van der Waals surface area contributed by atoms with Crippen molar-refractivity contribution in [1.82, 2.24) is 9.78 Å². The van der Waals surface area contributed by atoms with Crippen LogP contribution in [0.4, 0.5) is 0 Å². The Labute approximate surface area is 150 Å². The number of alkyl halides is 1. The van der Waals surface area contributed by atoms with Gasteiger partial charge in [0.05, 0.1) is 10.3 Å². The first-order chi connectivity index (χ1) is 11.9. The van der Waals surface area contributed by atoms with Gasteiger partial charge < -0.3 is 0 Å². The molecule has 0 aliphatic carbocycles. The van der Waals surface area contributed by atoms with Gasteiger partial charge in [-0.1, -0.05) is 35.9 Å². The molecule has 130 valence electrons. The molecule has 0 radical (unpaired) electrons. The number of benzene rings is 2. The SMILES string of the molecule is Cc1ccc(S(=O)(=O)c2nn(CCCCl)c(=O)c3ccccc23)cc1.